The smallest absolute Gasteiger partial charge is 0.118 e. The Morgan fingerprint density at radius 3 is 2.43 bits per heavy atom. The van der Waals surface area contributed by atoms with Gasteiger partial charge in [0.2, 0.25) is 0 Å². The van der Waals surface area contributed by atoms with Crippen LogP contribution >= 0.6 is 0 Å². The molecule has 0 aliphatic heterocycles. The van der Waals surface area contributed by atoms with Gasteiger partial charge in [0.1, 0.15) is 5.75 Å². The number of hydrogen-bond donors (Lipinski definition) is 1. The average molecular weight is 282 g/mol. The molecule has 0 radical (unpaired) electrons. The Morgan fingerprint density at radius 1 is 1.10 bits per heavy atom. The van der Waals surface area contributed by atoms with E-state index in [1.165, 1.54) is 24.8 Å². The third-order valence-electron chi connectivity index (χ3n) is 4.49. The lowest BCUT2D eigenvalue weighted by molar-refractivity contribution is 0.175. The predicted molar refractivity (Wildman–Crippen MR) is 84.7 cm³/mol. The Kier molecular flexibility index (Phi) is 4.26. The van der Waals surface area contributed by atoms with E-state index in [-0.39, 0.29) is 0 Å². The van der Waals surface area contributed by atoms with Crippen LogP contribution in [-0.2, 0) is 6.42 Å². The summed E-state index contributed by atoms with van der Waals surface area (Å²) in [7, 11) is 1.67. The molecule has 1 aliphatic carbocycles. The van der Waals surface area contributed by atoms with Crippen molar-refractivity contribution in [2.24, 2.45) is 0 Å². The summed E-state index contributed by atoms with van der Waals surface area (Å²) in [6.07, 6.45) is 4.04. The molecule has 0 saturated heterocycles. The lowest BCUT2D eigenvalue weighted by Gasteiger charge is -2.29. The first-order valence-electron chi connectivity index (χ1n) is 7.67. The number of rotatable bonds is 5. The third kappa shape index (κ3) is 3.11. The first-order chi connectivity index (χ1) is 10.3. The van der Waals surface area contributed by atoms with Crippen molar-refractivity contribution < 1.29 is 9.84 Å². The Morgan fingerprint density at radius 2 is 1.81 bits per heavy atom. The maximum atomic E-state index is 10.6. The average Bonchev–Trinajstić information content (AvgIpc) is 2.47. The summed E-state index contributed by atoms with van der Waals surface area (Å²) in [4.78, 5) is 0. The Bertz CT molecular complexity index is 585. The Labute approximate surface area is 126 Å². The summed E-state index contributed by atoms with van der Waals surface area (Å²) in [6, 6.07) is 16.3. The van der Waals surface area contributed by atoms with Crippen molar-refractivity contribution >= 4 is 0 Å². The SMILES string of the molecule is COc1ccc(CC(O)c2ccccc2C2CCC2)cc1. The minimum atomic E-state index is -0.435. The van der Waals surface area contributed by atoms with Crippen LogP contribution in [0, 0.1) is 0 Å². The van der Waals surface area contributed by atoms with Gasteiger partial charge in [-0.05, 0) is 47.6 Å². The Balaban J connectivity index is 1.76. The van der Waals surface area contributed by atoms with Crippen molar-refractivity contribution in [3.05, 3.63) is 65.2 Å². The summed E-state index contributed by atoms with van der Waals surface area (Å²) < 4.78 is 5.17. The summed E-state index contributed by atoms with van der Waals surface area (Å²) >= 11 is 0. The molecule has 21 heavy (non-hydrogen) atoms. The highest BCUT2D eigenvalue weighted by molar-refractivity contribution is 5.35. The van der Waals surface area contributed by atoms with Crippen LogP contribution in [0.4, 0.5) is 0 Å². The molecule has 0 heterocycles. The molecule has 1 aliphatic rings. The zero-order valence-corrected chi connectivity index (χ0v) is 12.5. The lowest BCUT2D eigenvalue weighted by atomic mass is 9.77. The highest BCUT2D eigenvalue weighted by Crippen LogP contribution is 2.39. The maximum absolute atomic E-state index is 10.6. The van der Waals surface area contributed by atoms with E-state index >= 15 is 0 Å². The molecule has 2 nitrogen and oxygen atoms in total. The fraction of sp³-hybridized carbons (Fsp3) is 0.368. The topological polar surface area (TPSA) is 29.5 Å². The van der Waals surface area contributed by atoms with E-state index in [0.29, 0.717) is 12.3 Å². The van der Waals surface area contributed by atoms with Gasteiger partial charge >= 0.3 is 0 Å². The minimum absolute atomic E-state index is 0.435. The molecule has 1 unspecified atom stereocenters. The van der Waals surface area contributed by atoms with E-state index in [4.69, 9.17) is 4.74 Å². The summed E-state index contributed by atoms with van der Waals surface area (Å²) in [5, 5.41) is 10.6. The predicted octanol–water partition coefficient (Wildman–Crippen LogP) is 4.24. The molecule has 0 spiro atoms. The van der Waals surface area contributed by atoms with Crippen molar-refractivity contribution in [2.45, 2.75) is 37.7 Å². The van der Waals surface area contributed by atoms with Crippen LogP contribution < -0.4 is 4.74 Å². The number of ether oxygens (including phenoxy) is 1. The van der Waals surface area contributed by atoms with Gasteiger partial charge in [-0.15, -0.1) is 0 Å². The van der Waals surface area contributed by atoms with Crippen LogP contribution in [0.1, 0.15) is 48.0 Å². The highest BCUT2D eigenvalue weighted by Gasteiger charge is 2.24. The van der Waals surface area contributed by atoms with E-state index in [1.54, 1.807) is 7.11 Å². The molecule has 1 fully saturated rings. The van der Waals surface area contributed by atoms with Crippen molar-refractivity contribution in [2.75, 3.05) is 7.11 Å². The van der Waals surface area contributed by atoms with Crippen molar-refractivity contribution in [3.63, 3.8) is 0 Å². The van der Waals surface area contributed by atoms with Crippen molar-refractivity contribution in [1.29, 1.82) is 0 Å². The quantitative estimate of drug-likeness (QED) is 0.889. The molecule has 1 saturated carbocycles. The maximum Gasteiger partial charge on any atom is 0.118 e. The molecule has 0 bridgehead atoms. The van der Waals surface area contributed by atoms with Gasteiger partial charge in [-0.1, -0.05) is 42.8 Å². The third-order valence-corrected chi connectivity index (χ3v) is 4.49. The second-order valence-electron chi connectivity index (χ2n) is 5.82. The molecule has 0 amide bonds. The number of aliphatic hydroxyl groups excluding tert-OH is 1. The standard InChI is InChI=1S/C19H22O2/c1-21-16-11-9-14(10-12-16)13-19(20)18-8-3-2-7-17(18)15-5-4-6-15/h2-3,7-12,15,19-20H,4-6,13H2,1H3. The lowest BCUT2D eigenvalue weighted by Crippen LogP contribution is -2.14. The van der Waals surface area contributed by atoms with E-state index in [1.807, 2.05) is 30.3 Å². The molecule has 1 N–H and O–H groups in total. The van der Waals surface area contributed by atoms with Crippen LogP contribution in [0.2, 0.25) is 0 Å². The van der Waals surface area contributed by atoms with Gasteiger partial charge in [-0.3, -0.25) is 0 Å². The van der Waals surface area contributed by atoms with Crippen LogP contribution in [0.15, 0.2) is 48.5 Å². The van der Waals surface area contributed by atoms with Gasteiger partial charge in [0.15, 0.2) is 0 Å². The molecule has 2 aromatic rings. The van der Waals surface area contributed by atoms with E-state index in [2.05, 4.69) is 18.2 Å². The fourth-order valence-corrected chi connectivity index (χ4v) is 3.00. The van der Waals surface area contributed by atoms with Gasteiger partial charge < -0.3 is 9.84 Å². The molecule has 0 aromatic heterocycles. The molecular weight excluding hydrogens is 260 g/mol. The Hall–Kier alpha value is -1.80. The molecule has 2 heteroatoms. The molecule has 2 aromatic carbocycles. The second kappa shape index (κ2) is 6.31. The molecular formula is C19H22O2. The fourth-order valence-electron chi connectivity index (χ4n) is 3.00. The summed E-state index contributed by atoms with van der Waals surface area (Å²) in [5.41, 5.74) is 3.56. The summed E-state index contributed by atoms with van der Waals surface area (Å²) in [5.74, 6) is 1.50. The number of hydrogen-bond acceptors (Lipinski definition) is 2. The number of benzene rings is 2. The zero-order valence-electron chi connectivity index (χ0n) is 12.5. The summed E-state index contributed by atoms with van der Waals surface area (Å²) in [6.45, 7) is 0. The van der Waals surface area contributed by atoms with Gasteiger partial charge in [0.05, 0.1) is 13.2 Å². The zero-order chi connectivity index (χ0) is 14.7. The van der Waals surface area contributed by atoms with Gasteiger partial charge in [-0.2, -0.15) is 0 Å². The minimum Gasteiger partial charge on any atom is -0.497 e. The van der Waals surface area contributed by atoms with E-state index in [0.717, 1.165) is 16.9 Å². The van der Waals surface area contributed by atoms with Gasteiger partial charge in [0.25, 0.3) is 0 Å². The van der Waals surface area contributed by atoms with Crippen LogP contribution in [0.3, 0.4) is 0 Å². The largest absolute Gasteiger partial charge is 0.497 e. The van der Waals surface area contributed by atoms with Crippen molar-refractivity contribution in [3.8, 4) is 5.75 Å². The molecule has 110 valence electrons. The normalized spacial score (nSPS) is 16.3. The molecule has 3 rings (SSSR count). The van der Waals surface area contributed by atoms with Gasteiger partial charge in [0, 0.05) is 6.42 Å². The molecule has 1 atom stereocenters. The van der Waals surface area contributed by atoms with Crippen molar-refractivity contribution in [1.82, 2.24) is 0 Å². The van der Waals surface area contributed by atoms with E-state index < -0.39 is 6.10 Å². The van der Waals surface area contributed by atoms with Crippen LogP contribution in [-0.4, -0.2) is 12.2 Å². The number of aliphatic hydroxyl groups is 1. The first kappa shape index (κ1) is 14.2. The van der Waals surface area contributed by atoms with E-state index in [9.17, 15) is 5.11 Å². The monoisotopic (exact) mass is 282 g/mol. The highest BCUT2D eigenvalue weighted by atomic mass is 16.5. The second-order valence-corrected chi connectivity index (χ2v) is 5.82. The first-order valence-corrected chi connectivity index (χ1v) is 7.67. The van der Waals surface area contributed by atoms with Crippen LogP contribution in [0.25, 0.3) is 0 Å². The van der Waals surface area contributed by atoms with Gasteiger partial charge in [-0.25, -0.2) is 0 Å². The number of methoxy groups -OCH3 is 1. The van der Waals surface area contributed by atoms with Crippen LogP contribution in [0.5, 0.6) is 5.75 Å².